The lowest BCUT2D eigenvalue weighted by Crippen LogP contribution is -2.32. The molecule has 1 aliphatic heterocycles. The smallest absolute Gasteiger partial charge is 0.430 e. The van der Waals surface area contributed by atoms with Crippen LogP contribution in [0.5, 0.6) is 0 Å². The molecule has 1 heterocycles. The summed E-state index contributed by atoms with van der Waals surface area (Å²) < 4.78 is 42.2. The molecule has 0 bridgehead atoms. The van der Waals surface area contributed by atoms with Gasteiger partial charge in [-0.25, -0.2) is 4.79 Å². The van der Waals surface area contributed by atoms with Crippen LogP contribution in [0.15, 0.2) is 29.4 Å². The SMILES string of the molecule is CC(C)[C@H]1COC(=O)N1/N=C/c1ccc(C(F)(F)F)cc1. The molecule has 0 N–H and O–H groups in total. The number of cyclic esters (lactones) is 1. The molecular formula is C14H15F3N2O2. The number of ether oxygens (including phenoxy) is 1. The Hall–Kier alpha value is -2.05. The summed E-state index contributed by atoms with van der Waals surface area (Å²) in [4.78, 5) is 11.5. The Bertz CT molecular complexity index is 538. The lowest BCUT2D eigenvalue weighted by Gasteiger charge is -2.18. The highest BCUT2D eigenvalue weighted by atomic mass is 19.4. The molecule has 1 aliphatic rings. The molecule has 0 unspecified atom stereocenters. The summed E-state index contributed by atoms with van der Waals surface area (Å²) in [6, 6.07) is 4.40. The average Bonchev–Trinajstić information content (AvgIpc) is 2.77. The van der Waals surface area contributed by atoms with E-state index in [2.05, 4.69) is 5.10 Å². The molecule has 1 aromatic rings. The van der Waals surface area contributed by atoms with Crippen LogP contribution < -0.4 is 0 Å². The second-order valence-corrected chi connectivity index (χ2v) is 5.10. The molecule has 4 nitrogen and oxygen atoms in total. The van der Waals surface area contributed by atoms with Gasteiger partial charge in [0.1, 0.15) is 6.61 Å². The van der Waals surface area contributed by atoms with Crippen LogP contribution in [0, 0.1) is 5.92 Å². The van der Waals surface area contributed by atoms with Crippen molar-refractivity contribution in [1.82, 2.24) is 5.01 Å². The van der Waals surface area contributed by atoms with Gasteiger partial charge in [0, 0.05) is 0 Å². The highest BCUT2D eigenvalue weighted by molar-refractivity contribution is 5.81. The van der Waals surface area contributed by atoms with Gasteiger partial charge in [-0.15, -0.1) is 0 Å². The molecule has 1 amide bonds. The maximum atomic E-state index is 12.4. The average molecular weight is 300 g/mol. The first-order valence-electron chi connectivity index (χ1n) is 6.46. The Morgan fingerprint density at radius 2 is 1.95 bits per heavy atom. The molecule has 0 aliphatic carbocycles. The minimum Gasteiger partial charge on any atom is -0.446 e. The third-order valence-corrected chi connectivity index (χ3v) is 3.22. The Morgan fingerprint density at radius 1 is 1.33 bits per heavy atom. The summed E-state index contributed by atoms with van der Waals surface area (Å²) in [5, 5.41) is 5.25. The molecule has 1 aromatic carbocycles. The molecule has 1 fully saturated rings. The van der Waals surface area contributed by atoms with Crippen molar-refractivity contribution in [2.75, 3.05) is 6.61 Å². The van der Waals surface area contributed by atoms with Crippen LogP contribution in [0.25, 0.3) is 0 Å². The number of hydrogen-bond acceptors (Lipinski definition) is 3. The van der Waals surface area contributed by atoms with E-state index in [0.29, 0.717) is 5.56 Å². The first kappa shape index (κ1) is 15.3. The van der Waals surface area contributed by atoms with Gasteiger partial charge >= 0.3 is 12.3 Å². The number of alkyl halides is 3. The van der Waals surface area contributed by atoms with E-state index >= 15 is 0 Å². The third kappa shape index (κ3) is 3.53. The number of rotatable bonds is 3. The molecule has 21 heavy (non-hydrogen) atoms. The molecule has 114 valence electrons. The molecule has 0 spiro atoms. The summed E-state index contributed by atoms with van der Waals surface area (Å²) in [7, 11) is 0. The van der Waals surface area contributed by atoms with Gasteiger partial charge in [-0.05, 0) is 23.6 Å². The van der Waals surface area contributed by atoms with Gasteiger partial charge in [0.25, 0.3) is 0 Å². The van der Waals surface area contributed by atoms with Crippen molar-refractivity contribution in [2.45, 2.75) is 26.1 Å². The van der Waals surface area contributed by atoms with Crippen LogP contribution in [0.4, 0.5) is 18.0 Å². The normalized spacial score (nSPS) is 19.6. The van der Waals surface area contributed by atoms with E-state index in [1.807, 2.05) is 13.8 Å². The number of carbonyl (C=O) groups excluding carboxylic acids is 1. The number of benzene rings is 1. The molecule has 0 aromatic heterocycles. The monoisotopic (exact) mass is 300 g/mol. The van der Waals surface area contributed by atoms with Crippen molar-refractivity contribution < 1.29 is 22.7 Å². The summed E-state index contributed by atoms with van der Waals surface area (Å²) >= 11 is 0. The number of amides is 1. The van der Waals surface area contributed by atoms with Gasteiger partial charge in [0.15, 0.2) is 0 Å². The topological polar surface area (TPSA) is 41.9 Å². The van der Waals surface area contributed by atoms with Gasteiger partial charge in [-0.3, -0.25) is 0 Å². The Kier molecular flexibility index (Phi) is 4.20. The van der Waals surface area contributed by atoms with Crippen LogP contribution in [-0.4, -0.2) is 30.0 Å². The van der Waals surface area contributed by atoms with Crippen LogP contribution in [0.2, 0.25) is 0 Å². The van der Waals surface area contributed by atoms with Crippen molar-refractivity contribution in [3.8, 4) is 0 Å². The largest absolute Gasteiger partial charge is 0.446 e. The Labute approximate surface area is 120 Å². The van der Waals surface area contributed by atoms with E-state index in [0.717, 1.165) is 12.1 Å². The van der Waals surface area contributed by atoms with E-state index in [1.54, 1.807) is 0 Å². The first-order chi connectivity index (χ1) is 9.79. The number of halogens is 3. The van der Waals surface area contributed by atoms with Gasteiger partial charge in [-0.1, -0.05) is 26.0 Å². The van der Waals surface area contributed by atoms with Crippen LogP contribution in [0.1, 0.15) is 25.0 Å². The number of hydrogen-bond donors (Lipinski definition) is 0. The maximum Gasteiger partial charge on any atom is 0.430 e. The molecular weight excluding hydrogens is 285 g/mol. The zero-order valence-electron chi connectivity index (χ0n) is 11.6. The highest BCUT2D eigenvalue weighted by Gasteiger charge is 2.35. The van der Waals surface area contributed by atoms with Crippen LogP contribution >= 0.6 is 0 Å². The fourth-order valence-electron chi connectivity index (χ4n) is 1.92. The number of hydrazone groups is 1. The lowest BCUT2D eigenvalue weighted by atomic mass is 10.1. The minimum absolute atomic E-state index is 0.164. The second-order valence-electron chi connectivity index (χ2n) is 5.10. The molecule has 0 radical (unpaired) electrons. The van der Waals surface area contributed by atoms with Crippen LogP contribution in [-0.2, 0) is 10.9 Å². The molecule has 7 heteroatoms. The Morgan fingerprint density at radius 3 is 2.48 bits per heavy atom. The molecule has 0 saturated carbocycles. The van der Waals surface area contributed by atoms with Crippen molar-refractivity contribution in [3.05, 3.63) is 35.4 Å². The van der Waals surface area contributed by atoms with Gasteiger partial charge in [-0.2, -0.15) is 23.3 Å². The fraction of sp³-hybridized carbons (Fsp3) is 0.429. The molecule has 2 rings (SSSR count). The predicted molar refractivity (Wildman–Crippen MR) is 70.9 cm³/mol. The van der Waals surface area contributed by atoms with E-state index < -0.39 is 17.8 Å². The van der Waals surface area contributed by atoms with Crippen molar-refractivity contribution in [2.24, 2.45) is 11.0 Å². The van der Waals surface area contributed by atoms with E-state index in [-0.39, 0.29) is 18.6 Å². The quantitative estimate of drug-likeness (QED) is 0.802. The highest BCUT2D eigenvalue weighted by Crippen LogP contribution is 2.29. The van der Waals surface area contributed by atoms with Crippen molar-refractivity contribution in [1.29, 1.82) is 0 Å². The molecule has 1 atom stereocenters. The van der Waals surface area contributed by atoms with Crippen molar-refractivity contribution >= 4 is 12.3 Å². The molecule has 1 saturated heterocycles. The fourth-order valence-corrected chi connectivity index (χ4v) is 1.92. The zero-order valence-corrected chi connectivity index (χ0v) is 11.6. The maximum absolute atomic E-state index is 12.4. The number of carbonyl (C=O) groups is 1. The van der Waals surface area contributed by atoms with E-state index in [4.69, 9.17) is 4.74 Å². The predicted octanol–water partition coefficient (Wildman–Crippen LogP) is 3.52. The van der Waals surface area contributed by atoms with Gasteiger partial charge in [0.2, 0.25) is 0 Å². The summed E-state index contributed by atoms with van der Waals surface area (Å²) in [6.07, 6.45) is -3.56. The third-order valence-electron chi connectivity index (χ3n) is 3.22. The van der Waals surface area contributed by atoms with Gasteiger partial charge in [0.05, 0.1) is 17.8 Å². The number of nitrogens with zero attached hydrogens (tertiary/aromatic N) is 2. The second kappa shape index (κ2) is 5.75. The van der Waals surface area contributed by atoms with Crippen molar-refractivity contribution in [3.63, 3.8) is 0 Å². The lowest BCUT2D eigenvalue weighted by molar-refractivity contribution is -0.137. The minimum atomic E-state index is -4.36. The van der Waals surface area contributed by atoms with Gasteiger partial charge < -0.3 is 4.74 Å². The van der Waals surface area contributed by atoms with E-state index in [1.165, 1.54) is 23.4 Å². The summed E-state index contributed by atoms with van der Waals surface area (Å²) in [5.74, 6) is 0.168. The zero-order chi connectivity index (χ0) is 15.6. The summed E-state index contributed by atoms with van der Waals surface area (Å²) in [5.41, 5.74) is -0.245. The standard InChI is InChI=1S/C14H15F3N2O2/c1-9(2)12-8-21-13(20)19(12)18-7-10-3-5-11(6-4-10)14(15,16)17/h3-7,9,12H,8H2,1-2H3/b18-7+/t12-/m1/s1. The summed E-state index contributed by atoms with van der Waals surface area (Å²) in [6.45, 7) is 4.14. The Balaban J connectivity index is 2.12. The van der Waals surface area contributed by atoms with Crippen LogP contribution in [0.3, 0.4) is 0 Å². The van der Waals surface area contributed by atoms with E-state index in [9.17, 15) is 18.0 Å². The first-order valence-corrected chi connectivity index (χ1v) is 6.46.